The monoisotopic (exact) mass is 410 g/mol. The first-order valence-corrected chi connectivity index (χ1v) is 10.8. The van der Waals surface area contributed by atoms with Crippen LogP contribution in [0.4, 0.5) is 0 Å². The van der Waals surface area contributed by atoms with Gasteiger partial charge in [0.05, 0.1) is 11.2 Å². The molecule has 2 aromatic rings. The van der Waals surface area contributed by atoms with Gasteiger partial charge in [-0.05, 0) is 11.1 Å². The minimum atomic E-state index is -1.62. The van der Waals surface area contributed by atoms with Crippen molar-refractivity contribution < 1.29 is 25.5 Å². The van der Waals surface area contributed by atoms with E-state index in [2.05, 4.69) is 0 Å². The highest BCUT2D eigenvalue weighted by Gasteiger charge is 2.35. The fraction of sp³-hybridized carbons (Fsp3) is 0.400. The quantitative estimate of drug-likeness (QED) is 0.359. The van der Waals surface area contributed by atoms with E-state index in [1.54, 1.807) is 0 Å². The maximum atomic E-state index is 10.6. The molecule has 0 heterocycles. The van der Waals surface area contributed by atoms with Crippen LogP contribution in [0.1, 0.15) is 11.1 Å². The van der Waals surface area contributed by atoms with Crippen molar-refractivity contribution >= 4 is 23.5 Å². The molecule has 0 aliphatic heterocycles. The zero-order valence-corrected chi connectivity index (χ0v) is 16.5. The molecule has 2 aromatic carbocycles. The lowest BCUT2D eigenvalue weighted by Crippen LogP contribution is -2.48. The Labute approximate surface area is 168 Å². The zero-order valence-electron chi connectivity index (χ0n) is 14.8. The third-order valence-electron chi connectivity index (χ3n) is 4.07. The van der Waals surface area contributed by atoms with Crippen LogP contribution in [-0.4, -0.2) is 61.1 Å². The molecule has 0 radical (unpaired) electrons. The maximum absolute atomic E-state index is 10.6. The highest BCUT2D eigenvalue weighted by molar-refractivity contribution is 8.16. The average Bonchev–Trinajstić information content (AvgIpc) is 2.73. The summed E-state index contributed by atoms with van der Waals surface area (Å²) in [7, 11) is 0. The summed E-state index contributed by atoms with van der Waals surface area (Å²) >= 11 is 2.93. The Hall–Kier alpha value is -1.06. The molecule has 2 rings (SSSR count). The van der Waals surface area contributed by atoms with Gasteiger partial charge in [-0.25, -0.2) is 0 Å². The highest BCUT2D eigenvalue weighted by atomic mass is 32.2. The Morgan fingerprint density at radius 2 is 1.07 bits per heavy atom. The Morgan fingerprint density at radius 1 is 0.630 bits per heavy atom. The second-order valence-electron chi connectivity index (χ2n) is 6.18. The van der Waals surface area contributed by atoms with Crippen molar-refractivity contribution in [2.75, 3.05) is 6.61 Å². The summed E-state index contributed by atoms with van der Waals surface area (Å²) in [5.74, 6) is 1.27. The molecule has 0 amide bonds. The van der Waals surface area contributed by atoms with Gasteiger partial charge in [0, 0.05) is 11.5 Å². The molecule has 5 nitrogen and oxygen atoms in total. The van der Waals surface area contributed by atoms with Crippen LogP contribution in [0, 0.1) is 0 Å². The predicted molar refractivity (Wildman–Crippen MR) is 110 cm³/mol. The van der Waals surface area contributed by atoms with E-state index in [9.17, 15) is 20.4 Å². The molecule has 4 atom stereocenters. The van der Waals surface area contributed by atoms with Gasteiger partial charge in [-0.2, -0.15) is 0 Å². The summed E-state index contributed by atoms with van der Waals surface area (Å²) in [5.41, 5.74) is 2.18. The van der Waals surface area contributed by atoms with Gasteiger partial charge in [0.15, 0.2) is 0 Å². The summed E-state index contributed by atoms with van der Waals surface area (Å²) < 4.78 is -0.430. The lowest BCUT2D eigenvalue weighted by molar-refractivity contribution is -0.111. The Morgan fingerprint density at radius 3 is 1.48 bits per heavy atom. The first-order valence-electron chi connectivity index (χ1n) is 8.67. The predicted octanol–water partition coefficient (Wildman–Crippen LogP) is 1.62. The fourth-order valence-electron chi connectivity index (χ4n) is 2.45. The minimum Gasteiger partial charge on any atom is -0.394 e. The summed E-state index contributed by atoms with van der Waals surface area (Å²) in [4.78, 5) is 0. The average molecular weight is 411 g/mol. The van der Waals surface area contributed by atoms with E-state index in [4.69, 9.17) is 5.11 Å². The minimum absolute atomic E-state index is 0.430. The molecule has 0 fully saturated rings. The van der Waals surface area contributed by atoms with E-state index in [0.29, 0.717) is 11.5 Å². The Balaban J connectivity index is 2.04. The first-order chi connectivity index (χ1) is 13.0. The second kappa shape index (κ2) is 11.7. The summed E-state index contributed by atoms with van der Waals surface area (Å²) in [6, 6.07) is 19.6. The number of aliphatic hydroxyl groups excluding tert-OH is 5. The van der Waals surface area contributed by atoms with Crippen LogP contribution < -0.4 is 0 Å². The molecule has 0 aliphatic carbocycles. The van der Waals surface area contributed by atoms with Gasteiger partial charge in [0.25, 0.3) is 0 Å². The summed E-state index contributed by atoms with van der Waals surface area (Å²) in [6.07, 6.45) is -5.97. The van der Waals surface area contributed by atoms with Crippen molar-refractivity contribution in [2.24, 2.45) is 0 Å². The first kappa shape index (κ1) is 22.2. The molecule has 0 saturated heterocycles. The fourth-order valence-corrected chi connectivity index (χ4v) is 5.06. The molecular weight excluding hydrogens is 384 g/mol. The smallest absolute Gasteiger partial charge is 0.111 e. The number of thioether (sulfide) groups is 2. The SMILES string of the molecule is OC[C@@H](O)[C@H](O)[C@H](O)[C@@H](O)C(SCc1ccccc1)SCc1ccccc1. The van der Waals surface area contributed by atoms with Gasteiger partial charge in [-0.15, -0.1) is 23.5 Å². The number of hydrogen-bond donors (Lipinski definition) is 5. The van der Waals surface area contributed by atoms with Crippen molar-refractivity contribution in [3.05, 3.63) is 71.8 Å². The third-order valence-corrected chi connectivity index (χ3v) is 7.11. The number of hydrogen-bond acceptors (Lipinski definition) is 7. The van der Waals surface area contributed by atoms with Gasteiger partial charge in [0.2, 0.25) is 0 Å². The summed E-state index contributed by atoms with van der Waals surface area (Å²) in [5, 5.41) is 49.3. The van der Waals surface area contributed by atoms with Crippen LogP contribution in [0.5, 0.6) is 0 Å². The molecule has 5 N–H and O–H groups in total. The lowest BCUT2D eigenvalue weighted by atomic mass is 10.0. The van der Waals surface area contributed by atoms with Crippen LogP contribution in [0.2, 0.25) is 0 Å². The zero-order chi connectivity index (χ0) is 19.6. The second-order valence-corrected chi connectivity index (χ2v) is 8.74. The summed E-state index contributed by atoms with van der Waals surface area (Å²) in [6.45, 7) is -0.691. The normalized spacial score (nSPS) is 16.1. The maximum Gasteiger partial charge on any atom is 0.111 e. The van der Waals surface area contributed by atoms with Crippen molar-refractivity contribution in [3.8, 4) is 0 Å². The molecule has 0 unspecified atom stereocenters. The molecule has 27 heavy (non-hydrogen) atoms. The van der Waals surface area contributed by atoms with E-state index < -0.39 is 35.6 Å². The molecule has 0 aromatic heterocycles. The highest BCUT2D eigenvalue weighted by Crippen LogP contribution is 2.34. The molecule has 0 spiro atoms. The third kappa shape index (κ3) is 7.12. The number of rotatable bonds is 11. The molecule has 7 heteroatoms. The number of aliphatic hydroxyl groups is 5. The van der Waals surface area contributed by atoms with Crippen LogP contribution in [0.15, 0.2) is 60.7 Å². The van der Waals surface area contributed by atoms with E-state index >= 15 is 0 Å². The molecule has 0 saturated carbocycles. The van der Waals surface area contributed by atoms with Crippen molar-refractivity contribution in [2.45, 2.75) is 40.5 Å². The van der Waals surface area contributed by atoms with Crippen LogP contribution >= 0.6 is 23.5 Å². The van der Waals surface area contributed by atoms with Crippen molar-refractivity contribution in [3.63, 3.8) is 0 Å². The van der Waals surface area contributed by atoms with E-state index in [1.807, 2.05) is 60.7 Å². The van der Waals surface area contributed by atoms with Crippen molar-refractivity contribution in [1.29, 1.82) is 0 Å². The molecule has 0 aliphatic rings. The van der Waals surface area contributed by atoms with Gasteiger partial charge in [-0.1, -0.05) is 60.7 Å². The lowest BCUT2D eigenvalue weighted by Gasteiger charge is -2.30. The van der Waals surface area contributed by atoms with Crippen LogP contribution in [-0.2, 0) is 11.5 Å². The van der Waals surface area contributed by atoms with Crippen molar-refractivity contribution in [1.82, 2.24) is 0 Å². The standard InChI is InChI=1S/C20H26O5S2/c21-11-16(22)17(23)18(24)19(25)20(26-12-14-7-3-1-4-8-14)27-13-15-9-5-2-6-10-15/h1-10,16-25H,11-13H2/t16-,17+,18+,19-/m1/s1. The van der Waals surface area contributed by atoms with Crippen LogP contribution in [0.3, 0.4) is 0 Å². The number of benzene rings is 2. The van der Waals surface area contributed by atoms with E-state index in [0.717, 1.165) is 11.1 Å². The molecule has 148 valence electrons. The molecular formula is C20H26O5S2. The topological polar surface area (TPSA) is 101 Å². The van der Waals surface area contributed by atoms with Gasteiger partial charge < -0.3 is 25.5 Å². The molecule has 0 bridgehead atoms. The Kier molecular flexibility index (Phi) is 9.64. The van der Waals surface area contributed by atoms with Crippen LogP contribution in [0.25, 0.3) is 0 Å². The van der Waals surface area contributed by atoms with E-state index in [-0.39, 0.29) is 0 Å². The van der Waals surface area contributed by atoms with Gasteiger partial charge in [0.1, 0.15) is 24.4 Å². The Bertz CT molecular complexity index is 600. The van der Waals surface area contributed by atoms with Gasteiger partial charge >= 0.3 is 0 Å². The largest absolute Gasteiger partial charge is 0.394 e. The van der Waals surface area contributed by atoms with Gasteiger partial charge in [-0.3, -0.25) is 0 Å². The van der Waals surface area contributed by atoms with E-state index in [1.165, 1.54) is 23.5 Å².